The first kappa shape index (κ1) is 58.3. The first-order chi connectivity index (χ1) is 30.6. The van der Waals surface area contributed by atoms with Gasteiger partial charge in [0.1, 0.15) is 30.5 Å². The molecule has 1 aliphatic rings. The molecule has 0 spiro atoms. The fraction of sp³-hybridized carbons (Fsp3) is 0.700. The van der Waals surface area contributed by atoms with Crippen molar-refractivity contribution < 1.29 is 56.2 Å². The molecular formula is C50H84O12S. The Morgan fingerprint density at radius 1 is 0.619 bits per heavy atom. The van der Waals surface area contributed by atoms with Gasteiger partial charge in [-0.05, 0) is 70.6 Å². The minimum atomic E-state index is -5.07. The zero-order chi connectivity index (χ0) is 46.1. The average molecular weight is 909 g/mol. The standard InChI is InChI=1S/C50H84O12S/c1-3-5-7-9-11-13-15-16-17-18-19-20-21-22-23-24-25-26-27-28-29-30-32-34-36-38-40-58-42-44(60-46(52)39-37-35-33-31-14-12-10-8-6-4-2)43-59-50-48(54)49(62-63(55,56)57)47(53)45(41-51)61-50/h5,7,11,13,16-17,19-20,22-23,25-26,28-29,44-45,47-51,53-54H,3-4,6,8-10,12,14-15,18,21,24,27,30-43H2,1-2H3,(H,55,56,57)/b7-5-,13-11-,17-16-,20-19-,23-22-,26-25-,29-28-. The van der Waals surface area contributed by atoms with Crippen LogP contribution in [-0.4, -0.2) is 97.5 Å². The van der Waals surface area contributed by atoms with Crippen LogP contribution in [0.3, 0.4) is 0 Å². The molecule has 0 aromatic rings. The summed E-state index contributed by atoms with van der Waals surface area (Å²) in [6.45, 7) is 3.77. The second kappa shape index (κ2) is 40.8. The van der Waals surface area contributed by atoms with Crippen molar-refractivity contribution in [2.24, 2.45) is 0 Å². The number of ether oxygens (including phenoxy) is 4. The van der Waals surface area contributed by atoms with Crippen LogP contribution in [0.25, 0.3) is 0 Å². The van der Waals surface area contributed by atoms with Gasteiger partial charge in [-0.15, -0.1) is 0 Å². The van der Waals surface area contributed by atoms with Gasteiger partial charge in [0.05, 0.1) is 19.8 Å². The van der Waals surface area contributed by atoms with Gasteiger partial charge >= 0.3 is 16.4 Å². The number of esters is 1. The number of aliphatic hydroxyl groups is 3. The highest BCUT2D eigenvalue weighted by Gasteiger charge is 2.48. The molecule has 1 aliphatic heterocycles. The predicted octanol–water partition coefficient (Wildman–Crippen LogP) is 10.5. The minimum absolute atomic E-state index is 0.0148. The molecule has 362 valence electrons. The molecular weight excluding hydrogens is 825 g/mol. The summed E-state index contributed by atoms with van der Waals surface area (Å²) in [6, 6.07) is 0. The van der Waals surface area contributed by atoms with Crippen LogP contribution in [0.15, 0.2) is 85.1 Å². The van der Waals surface area contributed by atoms with Crippen molar-refractivity contribution in [3.63, 3.8) is 0 Å². The van der Waals surface area contributed by atoms with Gasteiger partial charge in [0.25, 0.3) is 0 Å². The molecule has 1 fully saturated rings. The van der Waals surface area contributed by atoms with Gasteiger partial charge in [0.2, 0.25) is 0 Å². The van der Waals surface area contributed by atoms with E-state index in [4.69, 9.17) is 23.5 Å². The van der Waals surface area contributed by atoms with E-state index in [0.717, 1.165) is 96.3 Å². The van der Waals surface area contributed by atoms with Gasteiger partial charge in [-0.25, -0.2) is 4.18 Å². The van der Waals surface area contributed by atoms with Gasteiger partial charge in [0, 0.05) is 13.0 Å². The van der Waals surface area contributed by atoms with E-state index < -0.39 is 59.8 Å². The summed E-state index contributed by atoms with van der Waals surface area (Å²) in [4.78, 5) is 12.8. The fourth-order valence-corrected chi connectivity index (χ4v) is 7.22. The highest BCUT2D eigenvalue weighted by molar-refractivity contribution is 7.80. The first-order valence-electron chi connectivity index (χ1n) is 23.8. The molecule has 0 aliphatic carbocycles. The number of hydrogen-bond acceptors (Lipinski definition) is 11. The Kier molecular flexibility index (Phi) is 37.7. The van der Waals surface area contributed by atoms with Crippen LogP contribution < -0.4 is 0 Å². The maximum atomic E-state index is 12.8. The normalized spacial score (nSPS) is 20.6. The number of carbonyl (C=O) groups excluding carboxylic acids is 1. The van der Waals surface area contributed by atoms with E-state index in [1.165, 1.54) is 38.5 Å². The molecule has 1 saturated heterocycles. The van der Waals surface area contributed by atoms with Crippen molar-refractivity contribution in [2.45, 2.75) is 198 Å². The van der Waals surface area contributed by atoms with Crippen LogP contribution in [-0.2, 0) is 38.3 Å². The lowest BCUT2D eigenvalue weighted by Gasteiger charge is -2.41. The molecule has 0 aromatic carbocycles. The molecule has 6 unspecified atom stereocenters. The van der Waals surface area contributed by atoms with E-state index in [-0.39, 0.29) is 19.6 Å². The van der Waals surface area contributed by atoms with Crippen LogP contribution in [0.4, 0.5) is 0 Å². The lowest BCUT2D eigenvalue weighted by molar-refractivity contribution is -0.301. The molecule has 12 nitrogen and oxygen atoms in total. The van der Waals surface area contributed by atoms with Crippen molar-refractivity contribution >= 4 is 16.4 Å². The number of aliphatic hydroxyl groups excluding tert-OH is 3. The quantitative estimate of drug-likeness (QED) is 0.0198. The smallest absolute Gasteiger partial charge is 0.397 e. The summed E-state index contributed by atoms with van der Waals surface area (Å²) >= 11 is 0. The number of carbonyl (C=O) groups is 1. The van der Waals surface area contributed by atoms with Crippen LogP contribution in [0.5, 0.6) is 0 Å². The van der Waals surface area contributed by atoms with Gasteiger partial charge in [-0.3, -0.25) is 9.35 Å². The molecule has 4 N–H and O–H groups in total. The molecule has 1 heterocycles. The van der Waals surface area contributed by atoms with Crippen molar-refractivity contribution in [2.75, 3.05) is 26.4 Å². The lowest BCUT2D eigenvalue weighted by Crippen LogP contribution is -2.60. The van der Waals surface area contributed by atoms with Gasteiger partial charge in [-0.2, -0.15) is 8.42 Å². The first-order valence-corrected chi connectivity index (χ1v) is 25.2. The van der Waals surface area contributed by atoms with E-state index in [2.05, 4.69) is 103 Å². The minimum Gasteiger partial charge on any atom is -0.457 e. The zero-order valence-electron chi connectivity index (χ0n) is 38.6. The van der Waals surface area contributed by atoms with Crippen molar-refractivity contribution in [1.29, 1.82) is 0 Å². The maximum Gasteiger partial charge on any atom is 0.397 e. The van der Waals surface area contributed by atoms with Crippen molar-refractivity contribution in [3.8, 4) is 0 Å². The fourth-order valence-electron chi connectivity index (χ4n) is 6.71. The van der Waals surface area contributed by atoms with Crippen LogP contribution in [0.2, 0.25) is 0 Å². The van der Waals surface area contributed by atoms with E-state index >= 15 is 0 Å². The largest absolute Gasteiger partial charge is 0.457 e. The summed E-state index contributed by atoms with van der Waals surface area (Å²) < 4.78 is 59.0. The summed E-state index contributed by atoms with van der Waals surface area (Å²) in [5, 5.41) is 30.6. The zero-order valence-corrected chi connectivity index (χ0v) is 39.4. The lowest BCUT2D eigenvalue weighted by atomic mass is 9.99. The average Bonchev–Trinajstić information content (AvgIpc) is 3.26. The van der Waals surface area contributed by atoms with Crippen LogP contribution in [0.1, 0.15) is 162 Å². The number of rotatable bonds is 40. The predicted molar refractivity (Wildman–Crippen MR) is 252 cm³/mol. The van der Waals surface area contributed by atoms with Crippen molar-refractivity contribution in [3.05, 3.63) is 85.1 Å². The molecule has 0 bridgehead atoms. The second-order valence-electron chi connectivity index (χ2n) is 16.0. The van der Waals surface area contributed by atoms with Crippen LogP contribution in [0, 0.1) is 0 Å². The molecule has 6 atom stereocenters. The maximum absolute atomic E-state index is 12.8. The number of unbranched alkanes of at least 4 members (excludes halogenated alkanes) is 13. The van der Waals surface area contributed by atoms with Crippen molar-refractivity contribution in [1.82, 2.24) is 0 Å². The second-order valence-corrected chi connectivity index (χ2v) is 17.0. The topological polar surface area (TPSA) is 178 Å². The van der Waals surface area contributed by atoms with Gasteiger partial charge in [0.15, 0.2) is 6.29 Å². The Morgan fingerprint density at radius 2 is 1.10 bits per heavy atom. The molecule has 1 rings (SSSR count). The third-order valence-corrected chi connectivity index (χ3v) is 10.7. The summed E-state index contributed by atoms with van der Waals surface area (Å²) in [6.07, 6.45) is 44.9. The molecule has 13 heteroatoms. The Morgan fingerprint density at radius 3 is 1.60 bits per heavy atom. The highest BCUT2D eigenvalue weighted by atomic mass is 32.3. The van der Waals surface area contributed by atoms with E-state index in [9.17, 15) is 28.5 Å². The molecule has 0 amide bonds. The van der Waals surface area contributed by atoms with Gasteiger partial charge < -0.3 is 34.3 Å². The molecule has 0 saturated carbocycles. The van der Waals surface area contributed by atoms with Gasteiger partial charge in [-0.1, -0.05) is 170 Å². The SMILES string of the molecule is CC/C=C\C/C=C\C/C=C\C/C=C\C/C=C\C/C=C\C/C=C\CCCCCCOCC(COC1OC(CO)C(O)C(OS(=O)(=O)O)C1O)OC(=O)CCCCCCCCCCCC. The summed E-state index contributed by atoms with van der Waals surface area (Å²) in [5.41, 5.74) is 0. The third kappa shape index (κ3) is 34.3. The number of allylic oxidation sites excluding steroid dienone is 14. The Labute approximate surface area is 381 Å². The molecule has 0 aromatic heterocycles. The summed E-state index contributed by atoms with van der Waals surface area (Å²) in [5.74, 6) is -0.415. The van der Waals surface area contributed by atoms with Crippen LogP contribution >= 0.6 is 0 Å². The number of hydrogen-bond donors (Lipinski definition) is 4. The van der Waals surface area contributed by atoms with E-state index in [1.807, 2.05) is 0 Å². The van der Waals surface area contributed by atoms with E-state index in [0.29, 0.717) is 13.0 Å². The molecule has 0 radical (unpaired) electrons. The highest BCUT2D eigenvalue weighted by Crippen LogP contribution is 2.26. The Bertz CT molecular complexity index is 1420. The molecule has 63 heavy (non-hydrogen) atoms. The Hall–Kier alpha value is -2.72. The monoisotopic (exact) mass is 909 g/mol. The summed E-state index contributed by atoms with van der Waals surface area (Å²) in [7, 11) is -5.07. The van der Waals surface area contributed by atoms with E-state index in [1.54, 1.807) is 0 Å². The Balaban J connectivity index is 2.37. The third-order valence-electron chi connectivity index (χ3n) is 10.3.